The van der Waals surface area contributed by atoms with E-state index >= 15 is 0 Å². The van der Waals surface area contributed by atoms with Crippen LogP contribution in [-0.2, 0) is 4.79 Å². The highest BCUT2D eigenvalue weighted by Crippen LogP contribution is 2.29. The fourth-order valence-corrected chi connectivity index (χ4v) is 5.26. The largest absolute Gasteiger partial charge is 0.457 e. The van der Waals surface area contributed by atoms with Gasteiger partial charge in [0.2, 0.25) is 0 Å². The molecule has 0 bridgehead atoms. The SMILES string of the molecule is N#C/C(C(=O)Nc1ccccc1Cl)=c1/s/c(=C\c2ccc(-c3ccccc3Cl)o2)c(=O)n1-c1ccccc1. The first kappa shape index (κ1) is 25.3. The maximum absolute atomic E-state index is 13.6. The zero-order valence-corrected chi connectivity index (χ0v) is 21.8. The molecule has 0 spiro atoms. The first-order chi connectivity index (χ1) is 18.5. The first-order valence-corrected chi connectivity index (χ1v) is 12.9. The van der Waals surface area contributed by atoms with Crippen LogP contribution in [0.4, 0.5) is 5.69 Å². The van der Waals surface area contributed by atoms with E-state index in [-0.39, 0.29) is 14.8 Å². The van der Waals surface area contributed by atoms with Crippen molar-refractivity contribution >= 4 is 57.8 Å². The summed E-state index contributed by atoms with van der Waals surface area (Å²) in [6.45, 7) is 0. The summed E-state index contributed by atoms with van der Waals surface area (Å²) >= 11 is 13.5. The summed E-state index contributed by atoms with van der Waals surface area (Å²) in [7, 11) is 0. The van der Waals surface area contributed by atoms with E-state index in [1.807, 2.05) is 30.3 Å². The number of nitrogens with zero attached hydrogens (tertiary/aromatic N) is 2. The number of aromatic nitrogens is 1. The molecule has 2 heterocycles. The van der Waals surface area contributed by atoms with Crippen LogP contribution in [0.5, 0.6) is 0 Å². The molecule has 0 aliphatic rings. The van der Waals surface area contributed by atoms with Crippen molar-refractivity contribution in [1.82, 2.24) is 4.57 Å². The summed E-state index contributed by atoms with van der Waals surface area (Å²) in [6.07, 6.45) is 1.58. The lowest BCUT2D eigenvalue weighted by atomic mass is 10.2. The smallest absolute Gasteiger partial charge is 0.273 e. The van der Waals surface area contributed by atoms with Gasteiger partial charge in [0.15, 0.2) is 5.57 Å². The van der Waals surface area contributed by atoms with E-state index in [9.17, 15) is 14.9 Å². The third kappa shape index (κ3) is 5.06. The highest BCUT2D eigenvalue weighted by molar-refractivity contribution is 7.07. The van der Waals surface area contributed by atoms with Gasteiger partial charge in [-0.3, -0.25) is 14.2 Å². The van der Waals surface area contributed by atoms with Gasteiger partial charge in [-0.1, -0.05) is 65.7 Å². The number of nitrogens with one attached hydrogen (secondary N) is 1. The van der Waals surface area contributed by atoms with Crippen LogP contribution in [0.15, 0.2) is 100 Å². The third-order valence-corrected chi connectivity index (χ3v) is 7.30. The van der Waals surface area contributed by atoms with Crippen molar-refractivity contribution in [3.63, 3.8) is 0 Å². The van der Waals surface area contributed by atoms with Gasteiger partial charge in [0.05, 0.1) is 26.0 Å². The van der Waals surface area contributed by atoms with Crippen LogP contribution < -0.4 is 20.1 Å². The molecule has 38 heavy (non-hydrogen) atoms. The van der Waals surface area contributed by atoms with E-state index in [2.05, 4.69) is 5.32 Å². The van der Waals surface area contributed by atoms with Crippen LogP contribution in [-0.4, -0.2) is 10.5 Å². The molecule has 1 N–H and O–H groups in total. The summed E-state index contributed by atoms with van der Waals surface area (Å²) < 4.78 is 7.75. The van der Waals surface area contributed by atoms with E-state index in [1.165, 1.54) is 4.57 Å². The van der Waals surface area contributed by atoms with Gasteiger partial charge in [0.1, 0.15) is 22.3 Å². The van der Waals surface area contributed by atoms with Gasteiger partial charge in [-0.15, -0.1) is 11.3 Å². The van der Waals surface area contributed by atoms with Crippen molar-refractivity contribution in [3.05, 3.63) is 126 Å². The molecule has 0 atom stereocenters. The lowest BCUT2D eigenvalue weighted by Crippen LogP contribution is -2.32. The van der Waals surface area contributed by atoms with Gasteiger partial charge in [-0.25, -0.2) is 0 Å². The fourth-order valence-electron chi connectivity index (χ4n) is 3.77. The number of thiazole rings is 1. The van der Waals surface area contributed by atoms with Gasteiger partial charge >= 0.3 is 0 Å². The molecule has 1 amide bonds. The first-order valence-electron chi connectivity index (χ1n) is 11.3. The minimum absolute atomic E-state index is 0.178. The Kier molecular flexibility index (Phi) is 7.29. The summed E-state index contributed by atoms with van der Waals surface area (Å²) in [4.78, 5) is 26.8. The zero-order valence-electron chi connectivity index (χ0n) is 19.5. The molecule has 0 aliphatic heterocycles. The number of hydrogen-bond donors (Lipinski definition) is 1. The Labute approximate surface area is 230 Å². The van der Waals surface area contributed by atoms with Gasteiger partial charge in [-0.05, 0) is 48.5 Å². The second-order valence-electron chi connectivity index (χ2n) is 7.99. The lowest BCUT2D eigenvalue weighted by Gasteiger charge is -2.07. The Morgan fingerprint density at radius 1 is 0.921 bits per heavy atom. The number of hydrogen-bond acceptors (Lipinski definition) is 5. The highest BCUT2D eigenvalue weighted by atomic mass is 35.5. The fraction of sp³-hybridized carbons (Fsp3) is 0. The molecule has 0 saturated heterocycles. The topological polar surface area (TPSA) is 88.0 Å². The Hall–Kier alpha value is -4.35. The Morgan fingerprint density at radius 2 is 1.61 bits per heavy atom. The zero-order chi connectivity index (χ0) is 26.6. The second-order valence-corrected chi connectivity index (χ2v) is 9.84. The van der Waals surface area contributed by atoms with Crippen LogP contribution in [0.25, 0.3) is 28.7 Å². The molecule has 0 aliphatic carbocycles. The highest BCUT2D eigenvalue weighted by Gasteiger charge is 2.18. The van der Waals surface area contributed by atoms with Gasteiger partial charge < -0.3 is 9.73 Å². The molecule has 9 heteroatoms. The van der Waals surface area contributed by atoms with Crippen molar-refractivity contribution in [1.29, 1.82) is 5.26 Å². The number of anilines is 1. The van der Waals surface area contributed by atoms with Crippen molar-refractivity contribution in [2.75, 3.05) is 5.32 Å². The third-order valence-electron chi connectivity index (χ3n) is 5.55. The quantitative estimate of drug-likeness (QED) is 0.304. The minimum Gasteiger partial charge on any atom is -0.457 e. The Balaban J connectivity index is 1.68. The van der Waals surface area contributed by atoms with Crippen LogP contribution >= 0.6 is 34.5 Å². The van der Waals surface area contributed by atoms with Crippen molar-refractivity contribution in [2.45, 2.75) is 0 Å². The Morgan fingerprint density at radius 3 is 2.32 bits per heavy atom. The van der Waals surface area contributed by atoms with Gasteiger partial charge in [-0.2, -0.15) is 5.26 Å². The normalized spacial score (nSPS) is 12.2. The van der Waals surface area contributed by atoms with E-state index in [0.717, 1.165) is 16.9 Å². The average Bonchev–Trinajstić information content (AvgIpc) is 3.51. The number of nitriles is 1. The van der Waals surface area contributed by atoms with E-state index in [4.69, 9.17) is 27.6 Å². The second kappa shape index (κ2) is 11.0. The number of carbonyl (C=O) groups is 1. The van der Waals surface area contributed by atoms with Crippen LogP contribution in [0.1, 0.15) is 5.76 Å². The molecule has 0 saturated carbocycles. The maximum atomic E-state index is 13.6. The number of benzene rings is 3. The standard InChI is InChI=1S/C29H17Cl2N3O3S/c30-22-11-5-4-10-20(22)25-15-14-19(37-25)16-26-28(36)34(18-8-2-1-3-9-18)29(38-26)21(17-32)27(35)33-24-13-7-6-12-23(24)31/h1-16H,(H,33,35)/b26-16-,29-21-. The van der Waals surface area contributed by atoms with Crippen molar-refractivity contribution < 1.29 is 9.21 Å². The predicted octanol–water partition coefficient (Wildman–Crippen LogP) is 5.61. The maximum Gasteiger partial charge on any atom is 0.273 e. The molecule has 3 aromatic carbocycles. The van der Waals surface area contributed by atoms with E-state index < -0.39 is 11.5 Å². The van der Waals surface area contributed by atoms with Crippen molar-refractivity contribution in [3.8, 4) is 23.1 Å². The number of halogens is 2. The molecule has 6 nitrogen and oxygen atoms in total. The molecule has 186 valence electrons. The average molecular weight is 558 g/mol. The molecule has 5 rings (SSSR count). The Bertz CT molecular complexity index is 1880. The minimum atomic E-state index is -0.683. The molecule has 5 aromatic rings. The number of amides is 1. The predicted molar refractivity (Wildman–Crippen MR) is 151 cm³/mol. The van der Waals surface area contributed by atoms with E-state index in [1.54, 1.807) is 72.8 Å². The molecule has 0 unspecified atom stereocenters. The van der Waals surface area contributed by atoms with Crippen LogP contribution in [0.2, 0.25) is 10.0 Å². The lowest BCUT2D eigenvalue weighted by molar-refractivity contribution is -0.111. The summed E-state index contributed by atoms with van der Waals surface area (Å²) in [5, 5.41) is 13.5. The van der Waals surface area contributed by atoms with Gasteiger partial charge in [0.25, 0.3) is 11.5 Å². The van der Waals surface area contributed by atoms with E-state index in [0.29, 0.717) is 32.9 Å². The summed E-state index contributed by atoms with van der Waals surface area (Å²) in [6, 6.07) is 28.2. The summed E-state index contributed by atoms with van der Waals surface area (Å²) in [5.41, 5.74) is 0.958. The molecule has 2 aromatic heterocycles. The number of furan rings is 1. The molecular formula is C29H17Cl2N3O3S. The molecule has 0 fully saturated rings. The number of rotatable bonds is 5. The van der Waals surface area contributed by atoms with Crippen LogP contribution in [0.3, 0.4) is 0 Å². The monoisotopic (exact) mass is 557 g/mol. The summed E-state index contributed by atoms with van der Waals surface area (Å²) in [5.74, 6) is 0.284. The number of para-hydroxylation sites is 2. The molecule has 0 radical (unpaired) electrons. The van der Waals surface area contributed by atoms with Crippen LogP contribution in [0, 0.1) is 11.3 Å². The molecular weight excluding hydrogens is 541 g/mol. The number of carbonyl (C=O) groups excluding carboxylic acids is 1. The van der Waals surface area contributed by atoms with Gasteiger partial charge in [0, 0.05) is 11.6 Å². The van der Waals surface area contributed by atoms with Crippen molar-refractivity contribution in [2.24, 2.45) is 0 Å².